The lowest BCUT2D eigenvalue weighted by atomic mass is 10.3. The van der Waals surface area contributed by atoms with Crippen LogP contribution in [0.4, 0.5) is 0 Å². The standard InChI is InChI=1S/C14H19N3O3/c1-16(7-11(18)9-20-2)14(19)8-17-10-15-12-5-3-4-6-13(12)17/h3-6,10-11,18H,7-9H2,1-2H3. The van der Waals surface area contributed by atoms with Gasteiger partial charge in [-0.15, -0.1) is 0 Å². The molecule has 2 rings (SSSR count). The van der Waals surface area contributed by atoms with Crippen molar-refractivity contribution in [2.75, 3.05) is 27.3 Å². The summed E-state index contributed by atoms with van der Waals surface area (Å²) >= 11 is 0. The van der Waals surface area contributed by atoms with Gasteiger partial charge in [0, 0.05) is 20.7 Å². The van der Waals surface area contributed by atoms with E-state index in [-0.39, 0.29) is 25.6 Å². The molecule has 1 aromatic heterocycles. The summed E-state index contributed by atoms with van der Waals surface area (Å²) in [5.74, 6) is -0.0803. The molecule has 0 aliphatic rings. The smallest absolute Gasteiger partial charge is 0.242 e. The third kappa shape index (κ3) is 3.34. The molecule has 1 amide bonds. The van der Waals surface area contributed by atoms with Gasteiger partial charge in [-0.25, -0.2) is 4.98 Å². The van der Waals surface area contributed by atoms with E-state index in [0.717, 1.165) is 11.0 Å². The quantitative estimate of drug-likeness (QED) is 0.835. The molecule has 0 aliphatic heterocycles. The molecular weight excluding hydrogens is 258 g/mol. The van der Waals surface area contributed by atoms with Crippen molar-refractivity contribution in [3.8, 4) is 0 Å². The molecular formula is C14H19N3O3. The molecule has 0 bridgehead atoms. The Morgan fingerprint density at radius 3 is 3.00 bits per heavy atom. The van der Waals surface area contributed by atoms with Gasteiger partial charge in [0.25, 0.3) is 0 Å². The van der Waals surface area contributed by atoms with Crippen molar-refractivity contribution in [2.45, 2.75) is 12.6 Å². The number of imidazole rings is 1. The Morgan fingerprint density at radius 1 is 1.50 bits per heavy atom. The van der Waals surface area contributed by atoms with Gasteiger partial charge in [0.05, 0.1) is 30.1 Å². The SMILES string of the molecule is COCC(O)CN(C)C(=O)Cn1cnc2ccccc21. The Kier molecular flexibility index (Phi) is 4.70. The van der Waals surface area contributed by atoms with E-state index in [9.17, 15) is 9.90 Å². The second kappa shape index (κ2) is 6.49. The van der Waals surface area contributed by atoms with Gasteiger partial charge in [-0.2, -0.15) is 0 Å². The number of methoxy groups -OCH3 is 1. The van der Waals surface area contributed by atoms with Gasteiger partial charge in [0.1, 0.15) is 6.54 Å². The van der Waals surface area contributed by atoms with Gasteiger partial charge in [-0.05, 0) is 12.1 Å². The maximum atomic E-state index is 12.1. The number of para-hydroxylation sites is 2. The number of aliphatic hydroxyl groups is 1. The molecule has 1 N–H and O–H groups in total. The van der Waals surface area contributed by atoms with Crippen LogP contribution < -0.4 is 0 Å². The minimum Gasteiger partial charge on any atom is -0.389 e. The Balaban J connectivity index is 2.00. The van der Waals surface area contributed by atoms with Crippen molar-refractivity contribution in [1.82, 2.24) is 14.5 Å². The van der Waals surface area contributed by atoms with Gasteiger partial charge >= 0.3 is 0 Å². The first kappa shape index (κ1) is 14.5. The molecule has 108 valence electrons. The van der Waals surface area contributed by atoms with Crippen LogP contribution in [0.3, 0.4) is 0 Å². The van der Waals surface area contributed by atoms with Crippen molar-refractivity contribution in [3.63, 3.8) is 0 Å². The van der Waals surface area contributed by atoms with E-state index in [0.29, 0.717) is 0 Å². The van der Waals surface area contributed by atoms with Gasteiger partial charge < -0.3 is 19.3 Å². The van der Waals surface area contributed by atoms with Crippen LogP contribution >= 0.6 is 0 Å². The number of aromatic nitrogens is 2. The Labute approximate surface area is 117 Å². The van der Waals surface area contributed by atoms with E-state index in [1.807, 2.05) is 24.3 Å². The van der Waals surface area contributed by atoms with Crippen molar-refractivity contribution in [2.24, 2.45) is 0 Å². The van der Waals surface area contributed by atoms with Gasteiger partial charge in [0.15, 0.2) is 0 Å². The van der Waals surface area contributed by atoms with E-state index in [4.69, 9.17) is 4.74 Å². The third-order valence-electron chi connectivity index (χ3n) is 3.10. The number of carbonyl (C=O) groups excluding carboxylic acids is 1. The zero-order chi connectivity index (χ0) is 14.5. The zero-order valence-corrected chi connectivity index (χ0v) is 11.7. The van der Waals surface area contributed by atoms with E-state index in [1.54, 1.807) is 17.9 Å². The first-order chi connectivity index (χ1) is 9.61. The van der Waals surface area contributed by atoms with E-state index < -0.39 is 6.10 Å². The summed E-state index contributed by atoms with van der Waals surface area (Å²) in [6.45, 7) is 0.668. The largest absolute Gasteiger partial charge is 0.389 e. The fourth-order valence-corrected chi connectivity index (χ4v) is 2.07. The monoisotopic (exact) mass is 277 g/mol. The summed E-state index contributed by atoms with van der Waals surface area (Å²) in [6.07, 6.45) is 0.982. The lowest BCUT2D eigenvalue weighted by Crippen LogP contribution is -2.37. The molecule has 0 saturated carbocycles. The fraction of sp³-hybridized carbons (Fsp3) is 0.429. The summed E-state index contributed by atoms with van der Waals surface area (Å²) in [7, 11) is 3.18. The minimum atomic E-state index is -0.673. The second-order valence-corrected chi connectivity index (χ2v) is 4.74. The topological polar surface area (TPSA) is 67.6 Å². The fourth-order valence-electron chi connectivity index (χ4n) is 2.07. The highest BCUT2D eigenvalue weighted by atomic mass is 16.5. The Bertz CT molecular complexity index is 582. The van der Waals surface area contributed by atoms with Crippen molar-refractivity contribution >= 4 is 16.9 Å². The predicted molar refractivity (Wildman–Crippen MR) is 75.3 cm³/mol. The highest BCUT2D eigenvalue weighted by molar-refractivity contribution is 5.80. The molecule has 0 aliphatic carbocycles. The molecule has 20 heavy (non-hydrogen) atoms. The number of aliphatic hydroxyl groups excluding tert-OH is 1. The number of hydrogen-bond acceptors (Lipinski definition) is 4. The molecule has 0 spiro atoms. The molecule has 2 aromatic rings. The summed E-state index contributed by atoms with van der Waals surface area (Å²) < 4.78 is 6.65. The van der Waals surface area contributed by atoms with Crippen LogP contribution in [0.5, 0.6) is 0 Å². The number of ether oxygens (including phenoxy) is 1. The van der Waals surface area contributed by atoms with Crippen molar-refractivity contribution in [1.29, 1.82) is 0 Å². The number of nitrogens with zero attached hydrogens (tertiary/aromatic N) is 3. The number of carbonyl (C=O) groups is 1. The maximum Gasteiger partial charge on any atom is 0.242 e. The zero-order valence-electron chi connectivity index (χ0n) is 11.7. The van der Waals surface area contributed by atoms with E-state index in [2.05, 4.69) is 4.98 Å². The number of amides is 1. The average molecular weight is 277 g/mol. The lowest BCUT2D eigenvalue weighted by Gasteiger charge is -2.20. The van der Waals surface area contributed by atoms with Crippen LogP contribution in [0.25, 0.3) is 11.0 Å². The summed E-state index contributed by atoms with van der Waals surface area (Å²) in [6, 6.07) is 7.66. The molecule has 1 atom stereocenters. The first-order valence-electron chi connectivity index (χ1n) is 6.42. The number of likely N-dealkylation sites (N-methyl/N-ethyl adjacent to an activating group) is 1. The second-order valence-electron chi connectivity index (χ2n) is 4.74. The van der Waals surface area contributed by atoms with E-state index in [1.165, 1.54) is 12.0 Å². The first-order valence-corrected chi connectivity index (χ1v) is 6.42. The van der Waals surface area contributed by atoms with Gasteiger partial charge in [-0.3, -0.25) is 4.79 Å². The average Bonchev–Trinajstić information content (AvgIpc) is 2.82. The molecule has 0 fully saturated rings. The number of fused-ring (bicyclic) bond motifs is 1. The molecule has 1 unspecified atom stereocenters. The Morgan fingerprint density at radius 2 is 2.25 bits per heavy atom. The number of rotatable bonds is 6. The minimum absolute atomic E-state index is 0.0803. The van der Waals surface area contributed by atoms with Gasteiger partial charge in [-0.1, -0.05) is 12.1 Å². The lowest BCUT2D eigenvalue weighted by molar-refractivity contribution is -0.132. The highest BCUT2D eigenvalue weighted by Gasteiger charge is 2.15. The van der Waals surface area contributed by atoms with Crippen molar-refractivity contribution < 1.29 is 14.6 Å². The van der Waals surface area contributed by atoms with Crippen LogP contribution in [0, 0.1) is 0 Å². The summed E-state index contributed by atoms with van der Waals surface area (Å²) in [5, 5.41) is 9.63. The maximum absolute atomic E-state index is 12.1. The Hall–Kier alpha value is -1.92. The van der Waals surface area contributed by atoms with Gasteiger partial charge in [0.2, 0.25) is 5.91 Å². The molecule has 0 radical (unpaired) electrons. The third-order valence-corrected chi connectivity index (χ3v) is 3.10. The molecule has 1 heterocycles. The molecule has 0 saturated heterocycles. The van der Waals surface area contributed by atoms with Crippen LogP contribution in [0.2, 0.25) is 0 Å². The predicted octanol–water partition coefficient (Wildman–Crippen LogP) is 0.502. The normalized spacial score (nSPS) is 12.6. The van der Waals surface area contributed by atoms with Crippen LogP contribution in [-0.2, 0) is 16.1 Å². The summed E-state index contributed by atoms with van der Waals surface area (Å²) in [5.41, 5.74) is 1.79. The number of hydrogen-bond donors (Lipinski definition) is 1. The molecule has 6 nitrogen and oxygen atoms in total. The molecule has 1 aromatic carbocycles. The van der Waals surface area contributed by atoms with Crippen LogP contribution in [0.15, 0.2) is 30.6 Å². The van der Waals surface area contributed by atoms with Crippen LogP contribution in [0.1, 0.15) is 0 Å². The molecule has 6 heteroatoms. The van der Waals surface area contributed by atoms with E-state index >= 15 is 0 Å². The van der Waals surface area contributed by atoms with Crippen molar-refractivity contribution in [3.05, 3.63) is 30.6 Å². The number of benzene rings is 1. The van der Waals surface area contributed by atoms with Crippen LogP contribution in [-0.4, -0.2) is 58.9 Å². The highest BCUT2D eigenvalue weighted by Crippen LogP contribution is 2.11. The summed E-state index contributed by atoms with van der Waals surface area (Å²) in [4.78, 5) is 17.9.